The minimum atomic E-state index is -0.456. The first-order valence-electron chi connectivity index (χ1n) is 8.34. The van der Waals surface area contributed by atoms with Crippen LogP contribution >= 0.6 is 15.9 Å². The van der Waals surface area contributed by atoms with Crippen LogP contribution in [0.1, 0.15) is 21.5 Å². The first-order valence-corrected chi connectivity index (χ1v) is 9.14. The lowest BCUT2D eigenvalue weighted by molar-refractivity contribution is -0.147. The Kier molecular flexibility index (Phi) is 6.39. The van der Waals surface area contributed by atoms with Gasteiger partial charge in [-0.2, -0.15) is 0 Å². The molecule has 0 unspecified atom stereocenters. The Morgan fingerprint density at radius 3 is 2.07 bits per heavy atom. The molecule has 0 heterocycles. The number of carbonyl (C=O) groups is 2. The third-order valence-electron chi connectivity index (χ3n) is 3.82. The lowest BCUT2D eigenvalue weighted by Gasteiger charge is -2.08. The fourth-order valence-electron chi connectivity index (χ4n) is 2.39. The second-order valence-corrected chi connectivity index (χ2v) is 6.71. The molecule has 0 aliphatic rings. The third kappa shape index (κ3) is 5.53. The summed E-state index contributed by atoms with van der Waals surface area (Å²) in [6.07, 6.45) is 0. The van der Waals surface area contributed by atoms with Gasteiger partial charge in [0.05, 0.1) is 0 Å². The van der Waals surface area contributed by atoms with Gasteiger partial charge in [0.2, 0.25) is 0 Å². The van der Waals surface area contributed by atoms with Crippen LogP contribution in [0, 0.1) is 0 Å². The number of ketones is 1. The van der Waals surface area contributed by atoms with Crippen LogP contribution in [0.5, 0.6) is 5.75 Å². The van der Waals surface area contributed by atoms with E-state index in [2.05, 4.69) is 15.9 Å². The molecule has 0 spiro atoms. The lowest BCUT2D eigenvalue weighted by Crippen LogP contribution is -2.14. The monoisotopic (exact) mass is 424 g/mol. The summed E-state index contributed by atoms with van der Waals surface area (Å²) >= 11 is 3.35. The maximum absolute atomic E-state index is 12.3. The van der Waals surface area contributed by atoms with Crippen molar-refractivity contribution in [3.63, 3.8) is 0 Å². The van der Waals surface area contributed by atoms with E-state index in [1.165, 1.54) is 0 Å². The van der Waals surface area contributed by atoms with E-state index < -0.39 is 5.97 Å². The van der Waals surface area contributed by atoms with Crippen LogP contribution in [-0.4, -0.2) is 18.4 Å². The lowest BCUT2D eigenvalue weighted by atomic mass is 10.0. The standard InChI is InChI=1S/C22H17BrO4/c23-19-10-6-16(7-11-19)14-27-21(24)15-26-20-12-8-18(9-13-20)22(25)17-4-2-1-3-5-17/h1-13H,14-15H2. The summed E-state index contributed by atoms with van der Waals surface area (Å²) in [6.45, 7) is 0.00248. The van der Waals surface area contributed by atoms with Crippen LogP contribution in [0.3, 0.4) is 0 Å². The van der Waals surface area contributed by atoms with E-state index >= 15 is 0 Å². The van der Waals surface area contributed by atoms with Gasteiger partial charge in [-0.3, -0.25) is 4.79 Å². The molecular weight excluding hydrogens is 408 g/mol. The molecule has 5 heteroatoms. The van der Waals surface area contributed by atoms with Gasteiger partial charge in [-0.25, -0.2) is 4.79 Å². The Morgan fingerprint density at radius 1 is 0.778 bits per heavy atom. The fraction of sp³-hybridized carbons (Fsp3) is 0.0909. The van der Waals surface area contributed by atoms with E-state index in [-0.39, 0.29) is 19.0 Å². The highest BCUT2D eigenvalue weighted by atomic mass is 79.9. The Hall–Kier alpha value is -2.92. The molecule has 0 fully saturated rings. The van der Waals surface area contributed by atoms with Crippen molar-refractivity contribution in [2.45, 2.75) is 6.61 Å². The van der Waals surface area contributed by atoms with E-state index in [0.29, 0.717) is 16.9 Å². The zero-order valence-corrected chi connectivity index (χ0v) is 16.0. The van der Waals surface area contributed by atoms with Crippen molar-refractivity contribution in [2.24, 2.45) is 0 Å². The summed E-state index contributed by atoms with van der Waals surface area (Å²) in [5.74, 6) is -0.0152. The number of benzene rings is 3. The van der Waals surface area contributed by atoms with Crippen molar-refractivity contribution in [1.29, 1.82) is 0 Å². The van der Waals surface area contributed by atoms with Gasteiger partial charge < -0.3 is 9.47 Å². The maximum Gasteiger partial charge on any atom is 0.344 e. The fourth-order valence-corrected chi connectivity index (χ4v) is 2.65. The van der Waals surface area contributed by atoms with E-state index in [1.54, 1.807) is 36.4 Å². The van der Waals surface area contributed by atoms with Crippen molar-refractivity contribution >= 4 is 27.7 Å². The molecule has 0 aromatic heterocycles. The summed E-state index contributed by atoms with van der Waals surface area (Å²) in [5.41, 5.74) is 2.09. The highest BCUT2D eigenvalue weighted by molar-refractivity contribution is 9.10. The second-order valence-electron chi connectivity index (χ2n) is 5.80. The smallest absolute Gasteiger partial charge is 0.344 e. The quantitative estimate of drug-likeness (QED) is 0.403. The minimum Gasteiger partial charge on any atom is -0.482 e. The Balaban J connectivity index is 1.49. The van der Waals surface area contributed by atoms with Gasteiger partial charge in [0, 0.05) is 15.6 Å². The molecule has 0 aliphatic heterocycles. The van der Waals surface area contributed by atoms with Crippen LogP contribution < -0.4 is 4.74 Å². The average molecular weight is 425 g/mol. The first kappa shape index (κ1) is 18.9. The van der Waals surface area contributed by atoms with E-state index in [0.717, 1.165) is 10.0 Å². The molecule has 3 aromatic rings. The molecule has 3 rings (SSSR count). The number of hydrogen-bond acceptors (Lipinski definition) is 4. The molecule has 0 amide bonds. The Bertz CT molecular complexity index is 903. The molecule has 0 aliphatic carbocycles. The number of hydrogen-bond donors (Lipinski definition) is 0. The van der Waals surface area contributed by atoms with Crippen LogP contribution in [0.15, 0.2) is 83.3 Å². The van der Waals surface area contributed by atoms with Crippen LogP contribution in [-0.2, 0) is 16.1 Å². The van der Waals surface area contributed by atoms with Crippen molar-refractivity contribution in [1.82, 2.24) is 0 Å². The van der Waals surface area contributed by atoms with E-state index in [9.17, 15) is 9.59 Å². The molecule has 0 N–H and O–H groups in total. The topological polar surface area (TPSA) is 52.6 Å². The highest BCUT2D eigenvalue weighted by Crippen LogP contribution is 2.16. The SMILES string of the molecule is O=C(COc1ccc(C(=O)c2ccccc2)cc1)OCc1ccc(Br)cc1. The van der Waals surface area contributed by atoms with E-state index in [4.69, 9.17) is 9.47 Å². The van der Waals surface area contributed by atoms with Crippen LogP contribution in [0.25, 0.3) is 0 Å². The molecule has 0 saturated carbocycles. The van der Waals surface area contributed by atoms with Gasteiger partial charge in [-0.15, -0.1) is 0 Å². The summed E-state index contributed by atoms with van der Waals surface area (Å²) in [7, 11) is 0. The molecule has 0 radical (unpaired) electrons. The molecule has 4 nitrogen and oxygen atoms in total. The van der Waals surface area contributed by atoms with Gasteiger partial charge in [0.1, 0.15) is 12.4 Å². The number of ether oxygens (including phenoxy) is 2. The normalized spacial score (nSPS) is 10.3. The van der Waals surface area contributed by atoms with Crippen molar-refractivity contribution < 1.29 is 19.1 Å². The summed E-state index contributed by atoms with van der Waals surface area (Å²) in [4.78, 5) is 24.2. The van der Waals surface area contributed by atoms with E-state index in [1.807, 2.05) is 42.5 Å². The molecule has 136 valence electrons. The predicted molar refractivity (Wildman–Crippen MR) is 106 cm³/mol. The molecular formula is C22H17BrO4. The first-order chi connectivity index (χ1) is 13.1. The third-order valence-corrected chi connectivity index (χ3v) is 4.35. The molecule has 0 bridgehead atoms. The average Bonchev–Trinajstić information content (AvgIpc) is 2.72. The summed E-state index contributed by atoms with van der Waals surface area (Å²) in [5, 5.41) is 0. The highest BCUT2D eigenvalue weighted by Gasteiger charge is 2.09. The zero-order chi connectivity index (χ0) is 19.1. The number of rotatable bonds is 7. The van der Waals surface area contributed by atoms with Gasteiger partial charge in [-0.05, 0) is 42.0 Å². The minimum absolute atomic E-state index is 0.0592. The largest absolute Gasteiger partial charge is 0.482 e. The van der Waals surface area contributed by atoms with Gasteiger partial charge >= 0.3 is 5.97 Å². The van der Waals surface area contributed by atoms with Crippen molar-refractivity contribution in [2.75, 3.05) is 6.61 Å². The second kappa shape index (κ2) is 9.14. The van der Waals surface area contributed by atoms with Gasteiger partial charge in [0.15, 0.2) is 12.4 Å². The zero-order valence-electron chi connectivity index (χ0n) is 14.4. The van der Waals surface area contributed by atoms with Crippen LogP contribution in [0.4, 0.5) is 0 Å². The number of halogens is 1. The maximum atomic E-state index is 12.3. The molecule has 27 heavy (non-hydrogen) atoms. The van der Waals surface area contributed by atoms with Gasteiger partial charge in [0.25, 0.3) is 0 Å². The van der Waals surface area contributed by atoms with Crippen molar-refractivity contribution in [3.05, 3.63) is 100 Å². The predicted octanol–water partition coefficient (Wildman–Crippen LogP) is 4.80. The summed E-state index contributed by atoms with van der Waals surface area (Å²) in [6, 6.07) is 23.3. The van der Waals surface area contributed by atoms with Crippen LogP contribution in [0.2, 0.25) is 0 Å². The number of carbonyl (C=O) groups excluding carboxylic acids is 2. The molecule has 0 atom stereocenters. The summed E-state index contributed by atoms with van der Waals surface area (Å²) < 4.78 is 11.6. The number of esters is 1. The molecule has 0 saturated heterocycles. The Morgan fingerprint density at radius 2 is 1.41 bits per heavy atom. The molecule has 3 aromatic carbocycles. The van der Waals surface area contributed by atoms with Gasteiger partial charge in [-0.1, -0.05) is 58.4 Å². The van der Waals surface area contributed by atoms with Crippen molar-refractivity contribution in [3.8, 4) is 5.75 Å². The Labute approximate surface area is 165 Å².